The van der Waals surface area contributed by atoms with Crippen molar-refractivity contribution in [3.05, 3.63) is 125 Å². The van der Waals surface area contributed by atoms with Crippen molar-refractivity contribution in [2.45, 2.75) is 6.92 Å². The summed E-state index contributed by atoms with van der Waals surface area (Å²) in [7, 11) is 0. The quantitative estimate of drug-likeness (QED) is 0.175. The van der Waals surface area contributed by atoms with E-state index in [1.807, 2.05) is 30.3 Å². The number of carbonyl (C=O) groups excluding carboxylic acids is 4. The van der Waals surface area contributed by atoms with Crippen LogP contribution >= 0.6 is 11.6 Å². The minimum atomic E-state index is -0.680. The van der Waals surface area contributed by atoms with Gasteiger partial charge in [-0.15, -0.1) is 0 Å². The lowest BCUT2D eigenvalue weighted by Gasteiger charge is -2.16. The second-order valence-electron chi connectivity index (χ2n) is 9.00. The van der Waals surface area contributed by atoms with Crippen LogP contribution in [0.1, 0.15) is 27.6 Å². The maximum atomic E-state index is 13.2. The van der Waals surface area contributed by atoms with Gasteiger partial charge in [0.25, 0.3) is 17.7 Å². The second-order valence-corrected chi connectivity index (χ2v) is 9.38. The number of para-hydroxylation sites is 1. The molecule has 0 spiro atoms. The Kier molecular flexibility index (Phi) is 8.31. The van der Waals surface area contributed by atoms with Crippen LogP contribution in [0.2, 0.25) is 0 Å². The van der Waals surface area contributed by atoms with Crippen molar-refractivity contribution in [1.29, 1.82) is 0 Å². The van der Waals surface area contributed by atoms with Crippen LogP contribution < -0.4 is 20.3 Å². The van der Waals surface area contributed by atoms with E-state index in [0.29, 0.717) is 34.1 Å². The molecule has 5 rings (SSSR count). The molecule has 0 fully saturated rings. The van der Waals surface area contributed by atoms with E-state index in [1.54, 1.807) is 73.7 Å². The Morgan fingerprint density at radius 1 is 0.762 bits per heavy atom. The largest absolute Gasteiger partial charge is 0.462 e. The monoisotopic (exact) mass is 581 g/mol. The van der Waals surface area contributed by atoms with Crippen LogP contribution in [0.3, 0.4) is 0 Å². The van der Waals surface area contributed by atoms with E-state index in [4.69, 9.17) is 21.1 Å². The van der Waals surface area contributed by atoms with Gasteiger partial charge in [-0.1, -0.05) is 35.9 Å². The topological polar surface area (TPSA) is 114 Å². The summed E-state index contributed by atoms with van der Waals surface area (Å²) in [5, 5.41) is 5.36. The molecule has 0 bridgehead atoms. The minimum absolute atomic E-state index is 0.113. The number of hydrogen-bond acceptors (Lipinski definition) is 7. The number of ether oxygens (including phenoxy) is 2. The summed E-state index contributed by atoms with van der Waals surface area (Å²) >= 11 is 6.29. The van der Waals surface area contributed by atoms with Gasteiger partial charge in [0.05, 0.1) is 17.9 Å². The number of benzene rings is 4. The predicted octanol–water partition coefficient (Wildman–Crippen LogP) is 6.34. The Balaban J connectivity index is 1.26. The van der Waals surface area contributed by atoms with Crippen molar-refractivity contribution in [2.75, 3.05) is 22.1 Å². The molecule has 1 heterocycles. The van der Waals surface area contributed by atoms with Crippen molar-refractivity contribution in [3.8, 4) is 11.5 Å². The smallest absolute Gasteiger partial charge is 0.338 e. The van der Waals surface area contributed by atoms with Gasteiger partial charge in [0.15, 0.2) is 0 Å². The number of rotatable bonds is 9. The van der Waals surface area contributed by atoms with Gasteiger partial charge in [-0.3, -0.25) is 14.4 Å². The highest BCUT2D eigenvalue weighted by Gasteiger charge is 2.39. The number of amides is 3. The third kappa shape index (κ3) is 6.16. The molecule has 210 valence electrons. The van der Waals surface area contributed by atoms with Gasteiger partial charge in [0, 0.05) is 16.9 Å². The fourth-order valence-corrected chi connectivity index (χ4v) is 4.34. The Morgan fingerprint density at radius 3 is 2.14 bits per heavy atom. The number of imide groups is 1. The molecule has 2 N–H and O–H groups in total. The van der Waals surface area contributed by atoms with Crippen LogP contribution in [0.5, 0.6) is 11.5 Å². The average Bonchev–Trinajstić information content (AvgIpc) is 3.21. The first kappa shape index (κ1) is 28.1. The fraction of sp³-hybridized carbons (Fsp3) is 0.0625. The molecular formula is C32H24ClN3O6. The maximum Gasteiger partial charge on any atom is 0.338 e. The van der Waals surface area contributed by atoms with Crippen molar-refractivity contribution >= 4 is 52.4 Å². The molecule has 3 amide bonds. The van der Waals surface area contributed by atoms with E-state index in [1.165, 1.54) is 6.07 Å². The molecule has 9 nitrogen and oxygen atoms in total. The number of anilines is 3. The van der Waals surface area contributed by atoms with E-state index in [2.05, 4.69) is 10.6 Å². The van der Waals surface area contributed by atoms with E-state index < -0.39 is 23.7 Å². The predicted molar refractivity (Wildman–Crippen MR) is 159 cm³/mol. The van der Waals surface area contributed by atoms with Crippen molar-refractivity contribution in [3.63, 3.8) is 0 Å². The SMILES string of the molecule is CCOC(=O)c1ccc(NC(=O)c2cccc(NC3=C(Cl)C(=O)N(c4ccc(Oc5ccccc5)cc4)C3=O)c2)cc1. The number of carbonyl (C=O) groups is 4. The molecule has 42 heavy (non-hydrogen) atoms. The van der Waals surface area contributed by atoms with Crippen LogP contribution in [-0.2, 0) is 14.3 Å². The van der Waals surface area contributed by atoms with Crippen molar-refractivity contribution in [1.82, 2.24) is 0 Å². The first-order valence-electron chi connectivity index (χ1n) is 12.9. The molecule has 0 aliphatic carbocycles. The Bertz CT molecular complexity index is 1690. The lowest BCUT2D eigenvalue weighted by molar-refractivity contribution is -0.120. The Hall–Kier alpha value is -5.41. The molecule has 0 atom stereocenters. The molecule has 0 radical (unpaired) electrons. The lowest BCUT2D eigenvalue weighted by Crippen LogP contribution is -2.32. The highest BCUT2D eigenvalue weighted by atomic mass is 35.5. The summed E-state index contributed by atoms with van der Waals surface area (Å²) in [5.74, 6) is -1.01. The van der Waals surface area contributed by atoms with Gasteiger partial charge < -0.3 is 20.1 Å². The third-order valence-electron chi connectivity index (χ3n) is 6.15. The molecule has 4 aromatic rings. The fourth-order valence-electron chi connectivity index (χ4n) is 4.12. The summed E-state index contributed by atoms with van der Waals surface area (Å²) in [6, 6.07) is 28.3. The van der Waals surface area contributed by atoms with E-state index in [0.717, 1.165) is 4.90 Å². The van der Waals surface area contributed by atoms with Gasteiger partial charge in [0.1, 0.15) is 22.2 Å². The summed E-state index contributed by atoms with van der Waals surface area (Å²) in [6.07, 6.45) is 0. The first-order valence-corrected chi connectivity index (χ1v) is 13.3. The number of nitrogens with one attached hydrogen (secondary N) is 2. The van der Waals surface area contributed by atoms with Gasteiger partial charge >= 0.3 is 5.97 Å². The number of halogens is 1. The third-order valence-corrected chi connectivity index (χ3v) is 6.50. The van der Waals surface area contributed by atoms with E-state index in [-0.39, 0.29) is 22.9 Å². The maximum absolute atomic E-state index is 13.2. The number of esters is 1. The lowest BCUT2D eigenvalue weighted by atomic mass is 10.1. The van der Waals surface area contributed by atoms with Crippen molar-refractivity contribution in [2.24, 2.45) is 0 Å². The van der Waals surface area contributed by atoms with Crippen LogP contribution in [0.25, 0.3) is 0 Å². The summed E-state index contributed by atoms with van der Waals surface area (Å²) in [6.45, 7) is 1.98. The van der Waals surface area contributed by atoms with Crippen LogP contribution in [0.15, 0.2) is 114 Å². The molecule has 1 aliphatic heterocycles. The van der Waals surface area contributed by atoms with Gasteiger partial charge in [-0.25, -0.2) is 9.69 Å². The standard InChI is InChI=1S/C32H24ClN3O6/c1-2-41-32(40)20-11-13-22(14-12-20)35-29(37)21-7-6-8-23(19-21)34-28-27(33)30(38)36(31(28)39)24-15-17-26(18-16-24)42-25-9-4-3-5-10-25/h3-19,34H,2H2,1H3,(H,35,37). The summed E-state index contributed by atoms with van der Waals surface area (Å²) < 4.78 is 10.7. The van der Waals surface area contributed by atoms with Crippen LogP contribution in [0.4, 0.5) is 17.1 Å². The molecule has 1 aliphatic rings. The Labute approximate surface area is 246 Å². The molecule has 10 heteroatoms. The normalized spacial score (nSPS) is 12.8. The number of hydrogen-bond donors (Lipinski definition) is 2. The highest BCUT2D eigenvalue weighted by Crippen LogP contribution is 2.32. The van der Waals surface area contributed by atoms with Gasteiger partial charge in [-0.05, 0) is 85.8 Å². The van der Waals surface area contributed by atoms with Crippen LogP contribution in [0, 0.1) is 0 Å². The Morgan fingerprint density at radius 2 is 1.45 bits per heavy atom. The minimum Gasteiger partial charge on any atom is -0.462 e. The zero-order chi connectivity index (χ0) is 29.6. The molecular weight excluding hydrogens is 558 g/mol. The summed E-state index contributed by atoms with van der Waals surface area (Å²) in [4.78, 5) is 51.8. The van der Waals surface area contributed by atoms with E-state index >= 15 is 0 Å². The highest BCUT2D eigenvalue weighted by molar-refractivity contribution is 6.53. The van der Waals surface area contributed by atoms with Gasteiger partial charge in [-0.2, -0.15) is 0 Å². The summed E-state index contributed by atoms with van der Waals surface area (Å²) in [5.41, 5.74) is 1.72. The molecule has 0 saturated carbocycles. The number of nitrogens with zero attached hydrogens (tertiary/aromatic N) is 1. The molecule has 0 unspecified atom stereocenters. The van der Waals surface area contributed by atoms with E-state index in [9.17, 15) is 19.2 Å². The van der Waals surface area contributed by atoms with Gasteiger partial charge in [0.2, 0.25) is 0 Å². The molecule has 0 aromatic heterocycles. The first-order chi connectivity index (χ1) is 20.3. The average molecular weight is 582 g/mol. The second kappa shape index (κ2) is 12.4. The molecule has 4 aromatic carbocycles. The zero-order valence-electron chi connectivity index (χ0n) is 22.3. The molecule has 0 saturated heterocycles. The van der Waals surface area contributed by atoms with Crippen LogP contribution in [-0.4, -0.2) is 30.3 Å². The van der Waals surface area contributed by atoms with Crippen molar-refractivity contribution < 1.29 is 28.7 Å². The zero-order valence-corrected chi connectivity index (χ0v) is 23.1.